The second-order valence-electron chi connectivity index (χ2n) is 10.8. The van der Waals surface area contributed by atoms with Crippen molar-refractivity contribution in [1.29, 1.82) is 0 Å². The lowest BCUT2D eigenvalue weighted by atomic mass is 9.70. The number of nitrogens with one attached hydrogen (secondary N) is 2. The maximum absolute atomic E-state index is 13.5. The van der Waals surface area contributed by atoms with Gasteiger partial charge >= 0.3 is 18.0 Å². The second kappa shape index (κ2) is 14.3. The van der Waals surface area contributed by atoms with Crippen molar-refractivity contribution in [3.63, 3.8) is 0 Å². The van der Waals surface area contributed by atoms with E-state index in [9.17, 15) is 19.2 Å². The predicted molar refractivity (Wildman–Crippen MR) is 145 cm³/mol. The van der Waals surface area contributed by atoms with Gasteiger partial charge in [-0.2, -0.15) is 0 Å². The van der Waals surface area contributed by atoms with Crippen molar-refractivity contribution >= 4 is 35.5 Å². The van der Waals surface area contributed by atoms with Gasteiger partial charge in [0.25, 0.3) is 0 Å². The zero-order chi connectivity index (χ0) is 29.3. The summed E-state index contributed by atoms with van der Waals surface area (Å²) < 4.78 is 5.19. The fourth-order valence-electron chi connectivity index (χ4n) is 4.59. The van der Waals surface area contributed by atoms with Crippen LogP contribution in [0.2, 0.25) is 5.02 Å². The first-order chi connectivity index (χ1) is 17.6. The quantitative estimate of drug-likeness (QED) is 0.268. The number of hydrogen-bond donors (Lipinski definition) is 4. The first-order valence-corrected chi connectivity index (χ1v) is 13.0. The van der Waals surface area contributed by atoms with Crippen molar-refractivity contribution in [3.05, 3.63) is 34.9 Å². The number of halogens is 1. The fourth-order valence-corrected chi connectivity index (χ4v) is 4.71. The van der Waals surface area contributed by atoms with Gasteiger partial charge in [-0.25, -0.2) is 4.79 Å². The normalized spacial score (nSPS) is 17.5. The molecule has 11 heteroatoms. The molecule has 38 heavy (non-hydrogen) atoms. The van der Waals surface area contributed by atoms with Crippen molar-refractivity contribution < 1.29 is 34.1 Å². The van der Waals surface area contributed by atoms with Crippen LogP contribution in [0, 0.1) is 11.3 Å². The molecule has 214 valence electrons. The van der Waals surface area contributed by atoms with Gasteiger partial charge in [0.05, 0.1) is 12.8 Å². The van der Waals surface area contributed by atoms with Crippen molar-refractivity contribution in [2.75, 3.05) is 20.2 Å². The van der Waals surface area contributed by atoms with Gasteiger partial charge in [-0.05, 0) is 55.2 Å². The third-order valence-corrected chi connectivity index (χ3v) is 6.61. The number of carboxylic acids is 1. The van der Waals surface area contributed by atoms with Crippen LogP contribution in [0.5, 0.6) is 0 Å². The van der Waals surface area contributed by atoms with Crippen LogP contribution in [0.4, 0.5) is 4.79 Å². The molecular formula is C27H42ClN3O7. The molecule has 3 amide bonds. The molecule has 0 aromatic heterocycles. The number of esters is 1. The smallest absolute Gasteiger partial charge is 0.318 e. The molecule has 1 saturated heterocycles. The molecular weight excluding hydrogens is 514 g/mol. The van der Waals surface area contributed by atoms with Crippen molar-refractivity contribution in [2.45, 2.75) is 78.5 Å². The molecule has 0 bridgehead atoms. The lowest BCUT2D eigenvalue weighted by Gasteiger charge is -2.45. The molecule has 1 heterocycles. The number of likely N-dealkylation sites (tertiary alicyclic amines) is 1. The highest BCUT2D eigenvalue weighted by atomic mass is 35.5. The number of aliphatic hydroxyl groups excluding tert-OH is 1. The van der Waals surface area contributed by atoms with E-state index in [1.807, 2.05) is 38.1 Å². The summed E-state index contributed by atoms with van der Waals surface area (Å²) in [6.45, 7) is 12.0. The summed E-state index contributed by atoms with van der Waals surface area (Å²) in [5.74, 6) is -1.94. The van der Waals surface area contributed by atoms with Gasteiger partial charge in [0.15, 0.2) is 5.72 Å². The van der Waals surface area contributed by atoms with Crippen molar-refractivity contribution in [3.8, 4) is 0 Å². The van der Waals surface area contributed by atoms with Gasteiger partial charge in [-0.15, -0.1) is 0 Å². The molecule has 1 aromatic carbocycles. The van der Waals surface area contributed by atoms with E-state index in [0.717, 1.165) is 13.5 Å². The molecule has 10 nitrogen and oxygen atoms in total. The number of rotatable bonds is 9. The molecule has 0 radical (unpaired) electrons. The molecule has 2 atom stereocenters. The minimum absolute atomic E-state index is 0.168. The first-order valence-electron chi connectivity index (χ1n) is 12.6. The van der Waals surface area contributed by atoms with Crippen LogP contribution in [0.1, 0.15) is 72.3 Å². The Bertz CT molecular complexity index is 964. The summed E-state index contributed by atoms with van der Waals surface area (Å²) in [6, 6.07) is 6.40. The molecule has 4 N–H and O–H groups in total. The molecule has 1 aromatic rings. The van der Waals surface area contributed by atoms with Crippen LogP contribution < -0.4 is 10.6 Å². The van der Waals surface area contributed by atoms with E-state index in [0.29, 0.717) is 18.1 Å². The Balaban J connectivity index is 0.00000352. The number of carboxylic acid groups (broad SMARTS) is 1. The van der Waals surface area contributed by atoms with E-state index >= 15 is 0 Å². The minimum atomic E-state index is -1.39. The number of amides is 3. The average molecular weight is 556 g/mol. The SMILES string of the molecule is CC(C)C(NC(=O)NC(C)(C)OC(=O)CCC(=O)O)C(=O)N1CCC(c2ccc(Cl)cc2)C(C)(C)C1.CO. The molecule has 0 spiro atoms. The Hall–Kier alpha value is -2.85. The highest BCUT2D eigenvalue weighted by molar-refractivity contribution is 6.30. The van der Waals surface area contributed by atoms with Gasteiger partial charge in [-0.1, -0.05) is 51.4 Å². The van der Waals surface area contributed by atoms with Crippen LogP contribution in [0.15, 0.2) is 24.3 Å². The zero-order valence-electron chi connectivity index (χ0n) is 23.3. The van der Waals surface area contributed by atoms with Crippen LogP contribution >= 0.6 is 11.6 Å². The number of nitrogens with zero attached hydrogens (tertiary/aromatic N) is 1. The van der Waals surface area contributed by atoms with Crippen molar-refractivity contribution in [1.82, 2.24) is 15.5 Å². The van der Waals surface area contributed by atoms with Crippen molar-refractivity contribution in [2.24, 2.45) is 11.3 Å². The molecule has 1 aliphatic rings. The molecule has 1 fully saturated rings. The summed E-state index contributed by atoms with van der Waals surface area (Å²) in [7, 11) is 1.00. The van der Waals surface area contributed by atoms with E-state index < -0.39 is 29.7 Å². The van der Waals surface area contributed by atoms with E-state index in [4.69, 9.17) is 26.6 Å². The first kappa shape index (κ1) is 33.2. The molecule has 1 aliphatic heterocycles. The third kappa shape index (κ3) is 10.1. The lowest BCUT2D eigenvalue weighted by Crippen LogP contribution is -2.59. The second-order valence-corrected chi connectivity index (χ2v) is 11.3. The standard InChI is InChI=1S/C26H38ClN3O6.CH4O/c1-16(2)22(28-24(35)29-26(5,6)36-21(33)12-11-20(31)32)23(34)30-14-13-19(25(3,4)15-30)17-7-9-18(27)10-8-17;1-2/h7-10,16,19,22H,11-15H2,1-6H3,(H,31,32)(H2,28,29,35);2H,1H3. The largest absolute Gasteiger partial charge is 0.481 e. The maximum atomic E-state index is 13.5. The summed E-state index contributed by atoms with van der Waals surface area (Å²) >= 11 is 6.04. The Morgan fingerprint density at radius 2 is 1.71 bits per heavy atom. The summed E-state index contributed by atoms with van der Waals surface area (Å²) in [4.78, 5) is 50.5. The molecule has 2 unspecified atom stereocenters. The Morgan fingerprint density at radius 3 is 2.21 bits per heavy atom. The minimum Gasteiger partial charge on any atom is -0.481 e. The number of piperidine rings is 1. The fraction of sp³-hybridized carbons (Fsp3) is 0.630. The number of aliphatic carboxylic acids is 1. The number of aliphatic hydroxyl groups is 1. The van der Waals surface area contributed by atoms with Crippen LogP contribution in [0.3, 0.4) is 0 Å². The lowest BCUT2D eigenvalue weighted by molar-refractivity contribution is -0.160. The van der Waals surface area contributed by atoms with E-state index in [2.05, 4.69) is 24.5 Å². The Labute approximate surface area is 230 Å². The number of hydrogen-bond acceptors (Lipinski definition) is 6. The average Bonchev–Trinajstić information content (AvgIpc) is 2.81. The Morgan fingerprint density at radius 1 is 1.13 bits per heavy atom. The zero-order valence-corrected chi connectivity index (χ0v) is 24.1. The van der Waals surface area contributed by atoms with Gasteiger partial charge < -0.3 is 30.5 Å². The molecule has 2 rings (SSSR count). The number of benzene rings is 1. The molecule has 0 aliphatic carbocycles. The highest BCUT2D eigenvalue weighted by Crippen LogP contribution is 2.42. The van der Waals surface area contributed by atoms with Crippen LogP contribution in [0.25, 0.3) is 0 Å². The van der Waals surface area contributed by atoms with Gasteiger partial charge in [0.1, 0.15) is 6.04 Å². The van der Waals surface area contributed by atoms with Gasteiger partial charge in [0, 0.05) is 25.2 Å². The van der Waals surface area contributed by atoms with E-state index in [1.165, 1.54) is 19.4 Å². The predicted octanol–water partition coefficient (Wildman–Crippen LogP) is 3.76. The topological polar surface area (TPSA) is 145 Å². The Kier molecular flexibility index (Phi) is 12.5. The highest BCUT2D eigenvalue weighted by Gasteiger charge is 2.40. The van der Waals surface area contributed by atoms with E-state index in [1.54, 1.807) is 4.90 Å². The number of carbonyl (C=O) groups is 4. The summed E-state index contributed by atoms with van der Waals surface area (Å²) in [5.41, 5.74) is -0.379. The number of ether oxygens (including phenoxy) is 1. The number of urea groups is 1. The summed E-state index contributed by atoms with van der Waals surface area (Å²) in [5, 5.41) is 21.7. The monoisotopic (exact) mass is 555 g/mol. The van der Waals surface area contributed by atoms with E-state index in [-0.39, 0.29) is 36.0 Å². The summed E-state index contributed by atoms with van der Waals surface area (Å²) in [6.07, 6.45) is 0.115. The van der Waals surface area contributed by atoms with Gasteiger partial charge in [0.2, 0.25) is 5.91 Å². The molecule has 0 saturated carbocycles. The third-order valence-electron chi connectivity index (χ3n) is 6.36. The number of carbonyl (C=O) groups excluding carboxylic acids is 3. The van der Waals surface area contributed by atoms with Gasteiger partial charge in [-0.3, -0.25) is 14.4 Å². The maximum Gasteiger partial charge on any atom is 0.318 e. The van der Waals surface area contributed by atoms with Crippen LogP contribution in [-0.4, -0.2) is 71.0 Å². The van der Waals surface area contributed by atoms with Crippen LogP contribution in [-0.2, 0) is 19.1 Å².